The van der Waals surface area contributed by atoms with Gasteiger partial charge in [-0.05, 0) is 74.0 Å². The van der Waals surface area contributed by atoms with E-state index in [1.54, 1.807) is 42.5 Å². The third-order valence-corrected chi connectivity index (χ3v) is 4.84. The van der Waals surface area contributed by atoms with Crippen molar-refractivity contribution in [2.24, 2.45) is 0 Å². The number of nitrogens with one attached hydrogen (secondary N) is 1. The summed E-state index contributed by atoms with van der Waals surface area (Å²) >= 11 is 5.85. The van der Waals surface area contributed by atoms with Crippen LogP contribution < -0.4 is 5.32 Å². The Kier molecular flexibility index (Phi) is 6.05. The third-order valence-electron chi connectivity index (χ3n) is 4.59. The lowest BCUT2D eigenvalue weighted by Crippen LogP contribution is -2.13. The number of aromatic carboxylic acids is 1. The molecule has 0 spiro atoms. The quantitative estimate of drug-likeness (QED) is 0.449. The first-order valence-electron chi connectivity index (χ1n) is 9.01. The largest absolute Gasteiger partial charge is 0.478 e. The zero-order valence-electron chi connectivity index (χ0n) is 16.3. The highest BCUT2D eigenvalue weighted by Crippen LogP contribution is 2.24. The molecule has 7 heteroatoms. The van der Waals surface area contributed by atoms with Crippen LogP contribution >= 0.6 is 11.6 Å². The van der Waals surface area contributed by atoms with Crippen molar-refractivity contribution in [3.8, 4) is 11.8 Å². The smallest absolute Gasteiger partial charge is 0.335 e. The number of carboxylic acid groups (broad SMARTS) is 1. The molecule has 0 aliphatic heterocycles. The molecule has 30 heavy (non-hydrogen) atoms. The number of hydrogen-bond acceptors (Lipinski definition) is 3. The first-order valence-corrected chi connectivity index (χ1v) is 9.39. The average molecular weight is 420 g/mol. The van der Waals surface area contributed by atoms with Gasteiger partial charge in [0, 0.05) is 27.8 Å². The molecular formula is C23H18ClN3O3. The molecule has 0 saturated heterocycles. The monoisotopic (exact) mass is 419 g/mol. The van der Waals surface area contributed by atoms with Crippen LogP contribution in [0.2, 0.25) is 5.02 Å². The van der Waals surface area contributed by atoms with Crippen LogP contribution in [0.25, 0.3) is 11.8 Å². The summed E-state index contributed by atoms with van der Waals surface area (Å²) in [5.74, 6) is -1.54. The lowest BCUT2D eigenvalue weighted by atomic mass is 10.1. The van der Waals surface area contributed by atoms with Gasteiger partial charge >= 0.3 is 5.97 Å². The van der Waals surface area contributed by atoms with Crippen molar-refractivity contribution in [1.82, 2.24) is 4.57 Å². The van der Waals surface area contributed by atoms with Gasteiger partial charge in [0.15, 0.2) is 0 Å². The number of nitrogens with zero attached hydrogens (tertiary/aromatic N) is 2. The van der Waals surface area contributed by atoms with E-state index < -0.39 is 11.9 Å². The Labute approximate surface area is 178 Å². The van der Waals surface area contributed by atoms with Gasteiger partial charge in [0.1, 0.15) is 11.6 Å². The summed E-state index contributed by atoms with van der Waals surface area (Å²) in [6.07, 6.45) is 1.52. The van der Waals surface area contributed by atoms with Gasteiger partial charge in [-0.25, -0.2) is 4.79 Å². The predicted molar refractivity (Wildman–Crippen MR) is 116 cm³/mol. The standard InChI is InChI=1S/C23H18ClN3O3/c1-14-10-17(15(2)27(14)21-5-3-4-16(12-21)23(29)30)11-18(13-25)22(28)26-20-8-6-19(24)7-9-20/h3-12H,1-2H3,(H,26,28)(H,29,30)/b18-11+. The lowest BCUT2D eigenvalue weighted by molar-refractivity contribution is -0.112. The fourth-order valence-electron chi connectivity index (χ4n) is 3.14. The Morgan fingerprint density at radius 2 is 1.83 bits per heavy atom. The summed E-state index contributed by atoms with van der Waals surface area (Å²) in [4.78, 5) is 23.8. The number of aryl methyl sites for hydroxylation is 1. The Morgan fingerprint density at radius 3 is 2.47 bits per heavy atom. The molecular weight excluding hydrogens is 402 g/mol. The number of rotatable bonds is 5. The van der Waals surface area contributed by atoms with Crippen molar-refractivity contribution in [3.05, 3.63) is 87.7 Å². The second kappa shape index (κ2) is 8.68. The van der Waals surface area contributed by atoms with Crippen LogP contribution in [0, 0.1) is 25.2 Å². The summed E-state index contributed by atoms with van der Waals surface area (Å²) in [5.41, 5.74) is 3.66. The first kappa shape index (κ1) is 20.9. The number of halogens is 1. The van der Waals surface area contributed by atoms with E-state index in [4.69, 9.17) is 11.6 Å². The number of hydrogen-bond donors (Lipinski definition) is 2. The minimum Gasteiger partial charge on any atom is -0.478 e. The molecule has 1 aromatic heterocycles. The van der Waals surface area contributed by atoms with E-state index in [2.05, 4.69) is 5.32 Å². The Hall–Kier alpha value is -3.82. The Balaban J connectivity index is 1.94. The summed E-state index contributed by atoms with van der Waals surface area (Å²) in [6.45, 7) is 3.72. The van der Waals surface area contributed by atoms with Crippen LogP contribution in [0.5, 0.6) is 0 Å². The van der Waals surface area contributed by atoms with Crippen molar-refractivity contribution < 1.29 is 14.7 Å². The second-order valence-corrected chi connectivity index (χ2v) is 7.08. The number of carboxylic acids is 1. The molecule has 0 saturated carbocycles. The summed E-state index contributed by atoms with van der Waals surface area (Å²) < 4.78 is 1.88. The number of aromatic nitrogens is 1. The van der Waals surface area contributed by atoms with E-state index in [1.165, 1.54) is 12.1 Å². The molecule has 0 fully saturated rings. The fraction of sp³-hybridized carbons (Fsp3) is 0.0870. The summed E-state index contributed by atoms with van der Waals surface area (Å²) in [6, 6.07) is 16.9. The molecule has 0 unspecified atom stereocenters. The molecule has 0 aliphatic rings. The predicted octanol–water partition coefficient (Wildman–Crippen LogP) is 4.99. The van der Waals surface area contributed by atoms with Crippen molar-refractivity contribution in [2.75, 3.05) is 5.32 Å². The van der Waals surface area contributed by atoms with Gasteiger partial charge in [0.2, 0.25) is 0 Å². The minimum absolute atomic E-state index is 0.0514. The maximum atomic E-state index is 12.5. The van der Waals surface area contributed by atoms with Crippen LogP contribution in [0.4, 0.5) is 5.69 Å². The van der Waals surface area contributed by atoms with Crippen LogP contribution in [0.3, 0.4) is 0 Å². The SMILES string of the molecule is Cc1cc(/C=C(\C#N)C(=O)Nc2ccc(Cl)cc2)c(C)n1-c1cccc(C(=O)O)c1. The molecule has 150 valence electrons. The number of anilines is 1. The van der Waals surface area contributed by atoms with Crippen molar-refractivity contribution in [2.45, 2.75) is 13.8 Å². The first-order chi connectivity index (χ1) is 14.3. The highest BCUT2D eigenvalue weighted by Gasteiger charge is 2.15. The van der Waals surface area contributed by atoms with Crippen LogP contribution in [0.1, 0.15) is 27.3 Å². The van der Waals surface area contributed by atoms with Crippen molar-refractivity contribution in [3.63, 3.8) is 0 Å². The van der Waals surface area contributed by atoms with Gasteiger partial charge in [-0.2, -0.15) is 5.26 Å². The maximum absolute atomic E-state index is 12.5. The van der Waals surface area contributed by atoms with Crippen molar-refractivity contribution in [1.29, 1.82) is 5.26 Å². The zero-order chi connectivity index (χ0) is 21.8. The molecule has 6 nitrogen and oxygen atoms in total. The van der Waals surface area contributed by atoms with Gasteiger partial charge in [0.05, 0.1) is 5.56 Å². The average Bonchev–Trinajstić information content (AvgIpc) is 3.00. The maximum Gasteiger partial charge on any atom is 0.335 e. The van der Waals surface area contributed by atoms with Crippen molar-refractivity contribution >= 4 is 35.2 Å². The Morgan fingerprint density at radius 1 is 1.13 bits per heavy atom. The van der Waals surface area contributed by atoms with Gasteiger partial charge in [-0.15, -0.1) is 0 Å². The molecule has 2 N–H and O–H groups in total. The van der Waals surface area contributed by atoms with E-state index in [9.17, 15) is 20.0 Å². The zero-order valence-corrected chi connectivity index (χ0v) is 17.1. The molecule has 2 aromatic carbocycles. The van der Waals surface area contributed by atoms with E-state index in [0.29, 0.717) is 22.0 Å². The summed E-state index contributed by atoms with van der Waals surface area (Å²) in [7, 11) is 0. The van der Waals surface area contributed by atoms with Crippen LogP contribution in [-0.2, 0) is 4.79 Å². The minimum atomic E-state index is -1.01. The molecule has 0 radical (unpaired) electrons. The molecule has 1 amide bonds. The fourth-order valence-corrected chi connectivity index (χ4v) is 3.27. The second-order valence-electron chi connectivity index (χ2n) is 6.65. The third kappa shape index (κ3) is 4.43. The molecule has 1 heterocycles. The highest BCUT2D eigenvalue weighted by molar-refractivity contribution is 6.30. The van der Waals surface area contributed by atoms with Gasteiger partial charge in [-0.1, -0.05) is 17.7 Å². The molecule has 3 rings (SSSR count). The van der Waals surface area contributed by atoms with E-state index in [0.717, 1.165) is 11.4 Å². The molecule has 0 bridgehead atoms. The van der Waals surface area contributed by atoms with Gasteiger partial charge in [-0.3, -0.25) is 4.79 Å². The normalized spacial score (nSPS) is 11.1. The molecule has 3 aromatic rings. The van der Waals surface area contributed by atoms with Gasteiger partial charge < -0.3 is 15.0 Å². The van der Waals surface area contributed by atoms with Crippen LogP contribution in [-0.4, -0.2) is 21.6 Å². The Bertz CT molecular complexity index is 1200. The molecule has 0 aliphatic carbocycles. The number of carbonyl (C=O) groups excluding carboxylic acids is 1. The number of benzene rings is 2. The van der Waals surface area contributed by atoms with E-state index in [-0.39, 0.29) is 11.1 Å². The molecule has 0 atom stereocenters. The number of nitriles is 1. The number of amides is 1. The number of carbonyl (C=O) groups is 2. The topological polar surface area (TPSA) is 95.1 Å². The summed E-state index contributed by atoms with van der Waals surface area (Å²) in [5, 5.41) is 21.9. The van der Waals surface area contributed by atoms with E-state index in [1.807, 2.05) is 30.6 Å². The highest BCUT2D eigenvalue weighted by atomic mass is 35.5. The van der Waals surface area contributed by atoms with Crippen LogP contribution in [0.15, 0.2) is 60.2 Å². The van der Waals surface area contributed by atoms with Gasteiger partial charge in [0.25, 0.3) is 5.91 Å². The lowest BCUT2D eigenvalue weighted by Gasteiger charge is -2.10. The van der Waals surface area contributed by atoms with E-state index >= 15 is 0 Å².